The average molecular weight is 683 g/mol. The van der Waals surface area contributed by atoms with Gasteiger partial charge in [-0.25, -0.2) is 0 Å². The van der Waals surface area contributed by atoms with Gasteiger partial charge in [-0.1, -0.05) is 109 Å². The summed E-state index contributed by atoms with van der Waals surface area (Å²) in [7, 11) is 0. The Morgan fingerprint density at radius 2 is 1.13 bits per heavy atom. The zero-order valence-electron chi connectivity index (χ0n) is 28.0. The van der Waals surface area contributed by atoms with E-state index in [1.54, 1.807) is 0 Å². The van der Waals surface area contributed by atoms with Gasteiger partial charge in [-0.05, 0) is 72.3 Å². The second kappa shape index (κ2) is 11.5. The fourth-order valence-electron chi connectivity index (χ4n) is 8.20. The molecule has 11 rings (SSSR count). The van der Waals surface area contributed by atoms with Gasteiger partial charge in [0.15, 0.2) is 0 Å². The largest absolute Gasteiger partial charge is 0.456 e. The Labute approximate surface area is 303 Å². The number of para-hydroxylation sites is 3. The van der Waals surface area contributed by atoms with Crippen LogP contribution in [0.1, 0.15) is 0 Å². The lowest BCUT2D eigenvalue weighted by atomic mass is 9.93. The number of fused-ring (bicyclic) bond motifs is 9. The molecule has 0 aliphatic carbocycles. The van der Waals surface area contributed by atoms with Gasteiger partial charge in [0.2, 0.25) is 0 Å². The van der Waals surface area contributed by atoms with E-state index in [1.807, 2.05) is 11.3 Å². The highest BCUT2D eigenvalue weighted by Crippen LogP contribution is 2.50. The molecule has 0 aliphatic rings. The van der Waals surface area contributed by atoms with Gasteiger partial charge in [-0.15, -0.1) is 11.3 Å². The van der Waals surface area contributed by atoms with Crippen molar-refractivity contribution in [2.24, 2.45) is 0 Å². The molecule has 0 unspecified atom stereocenters. The maximum absolute atomic E-state index is 6.67. The van der Waals surface area contributed by atoms with Crippen molar-refractivity contribution in [3.05, 3.63) is 182 Å². The fraction of sp³-hybridized carbons (Fsp3) is 0. The molecule has 3 heterocycles. The molecule has 0 spiro atoms. The molecule has 0 fully saturated rings. The van der Waals surface area contributed by atoms with Crippen molar-refractivity contribution in [1.29, 1.82) is 0 Å². The summed E-state index contributed by atoms with van der Waals surface area (Å²) in [5, 5.41) is 7.19. The van der Waals surface area contributed by atoms with Gasteiger partial charge in [-0.2, -0.15) is 0 Å². The van der Waals surface area contributed by atoms with Crippen molar-refractivity contribution in [3.63, 3.8) is 0 Å². The summed E-state index contributed by atoms with van der Waals surface area (Å²) < 4.78 is 11.7. The Bertz CT molecular complexity index is 3120. The summed E-state index contributed by atoms with van der Waals surface area (Å²) in [4.78, 5) is 2.44. The molecule has 11 aromatic rings. The van der Waals surface area contributed by atoms with E-state index in [1.165, 1.54) is 36.5 Å². The van der Waals surface area contributed by atoms with Crippen LogP contribution >= 0.6 is 11.3 Å². The normalized spacial score (nSPS) is 11.8. The lowest BCUT2D eigenvalue weighted by molar-refractivity contribution is 0.669. The summed E-state index contributed by atoms with van der Waals surface area (Å²) in [5.74, 6) is 0. The number of rotatable bonds is 5. The van der Waals surface area contributed by atoms with Crippen LogP contribution in [0.15, 0.2) is 186 Å². The van der Waals surface area contributed by atoms with E-state index in [4.69, 9.17) is 4.42 Å². The van der Waals surface area contributed by atoms with Gasteiger partial charge in [0, 0.05) is 70.4 Å². The van der Waals surface area contributed by atoms with E-state index in [0.717, 1.165) is 61.3 Å². The van der Waals surface area contributed by atoms with E-state index >= 15 is 0 Å². The number of thiophene rings is 1. The molecule has 0 atom stereocenters. The lowest BCUT2D eigenvalue weighted by Gasteiger charge is -2.27. The van der Waals surface area contributed by atoms with Crippen molar-refractivity contribution in [2.45, 2.75) is 0 Å². The van der Waals surface area contributed by atoms with Crippen LogP contribution in [-0.2, 0) is 0 Å². The van der Waals surface area contributed by atoms with Crippen LogP contribution in [0.2, 0.25) is 0 Å². The molecule has 0 amide bonds. The third-order valence-corrected chi connectivity index (χ3v) is 11.5. The molecule has 4 heteroatoms. The fourth-order valence-corrected chi connectivity index (χ4v) is 9.28. The van der Waals surface area contributed by atoms with Crippen LogP contribution < -0.4 is 4.90 Å². The molecule has 0 aliphatic heterocycles. The highest BCUT2D eigenvalue weighted by atomic mass is 32.1. The summed E-state index contributed by atoms with van der Waals surface area (Å²) >= 11 is 1.85. The van der Waals surface area contributed by atoms with Gasteiger partial charge in [0.1, 0.15) is 11.2 Å². The van der Waals surface area contributed by atoms with Crippen molar-refractivity contribution in [3.8, 4) is 16.8 Å². The molecule has 0 bridgehead atoms. The predicted molar refractivity (Wildman–Crippen MR) is 221 cm³/mol. The van der Waals surface area contributed by atoms with E-state index in [-0.39, 0.29) is 0 Å². The topological polar surface area (TPSA) is 21.3 Å². The van der Waals surface area contributed by atoms with Crippen LogP contribution in [0.4, 0.5) is 17.1 Å². The van der Waals surface area contributed by atoms with E-state index in [2.05, 4.69) is 191 Å². The summed E-state index contributed by atoms with van der Waals surface area (Å²) in [6.45, 7) is 0. The molecule has 3 aromatic heterocycles. The van der Waals surface area contributed by atoms with E-state index in [9.17, 15) is 0 Å². The average Bonchev–Trinajstić information content (AvgIpc) is 3.88. The maximum Gasteiger partial charge on any atom is 0.138 e. The Kier molecular flexibility index (Phi) is 6.42. The van der Waals surface area contributed by atoms with Crippen LogP contribution in [0.5, 0.6) is 0 Å². The molecule has 0 saturated carbocycles. The zero-order valence-corrected chi connectivity index (χ0v) is 28.8. The van der Waals surface area contributed by atoms with Crippen LogP contribution in [0.25, 0.3) is 80.7 Å². The molecular weight excluding hydrogens is 653 g/mol. The zero-order chi connectivity index (χ0) is 34.2. The minimum absolute atomic E-state index is 0.879. The predicted octanol–water partition coefficient (Wildman–Crippen LogP) is 14.2. The number of hydrogen-bond acceptors (Lipinski definition) is 3. The van der Waals surface area contributed by atoms with Gasteiger partial charge in [-0.3, -0.25) is 0 Å². The summed E-state index contributed by atoms with van der Waals surface area (Å²) in [6, 6.07) is 65.4. The second-order valence-corrected chi connectivity index (χ2v) is 14.4. The highest BCUT2D eigenvalue weighted by molar-refractivity contribution is 7.25. The molecule has 0 N–H and O–H groups in total. The number of hydrogen-bond donors (Lipinski definition) is 0. The minimum atomic E-state index is 0.879. The van der Waals surface area contributed by atoms with Crippen molar-refractivity contribution in [1.82, 2.24) is 4.57 Å². The Morgan fingerprint density at radius 1 is 0.442 bits per heavy atom. The third kappa shape index (κ3) is 4.31. The Balaban J connectivity index is 1.33. The molecule has 52 heavy (non-hydrogen) atoms. The molecule has 8 aromatic carbocycles. The van der Waals surface area contributed by atoms with E-state index in [0.29, 0.717) is 0 Å². The number of nitrogens with zero attached hydrogens (tertiary/aromatic N) is 2. The van der Waals surface area contributed by atoms with Crippen molar-refractivity contribution in [2.75, 3.05) is 4.90 Å². The Hall–Kier alpha value is -6.62. The molecular formula is C48H30N2OS. The van der Waals surface area contributed by atoms with E-state index < -0.39 is 0 Å². The van der Waals surface area contributed by atoms with Gasteiger partial charge >= 0.3 is 0 Å². The number of anilines is 3. The van der Waals surface area contributed by atoms with Crippen LogP contribution in [-0.4, -0.2) is 4.57 Å². The highest BCUT2D eigenvalue weighted by Gasteiger charge is 2.26. The first-order chi connectivity index (χ1) is 25.8. The number of benzene rings is 8. The first-order valence-electron chi connectivity index (χ1n) is 17.6. The minimum Gasteiger partial charge on any atom is -0.456 e. The SMILES string of the molecule is c1ccc(-c2c3c(cc4c2c2c(N(c5ccccc5)c5ccc6sc7ccccc7c6c5)cccc2n4-c2ccccc2)oc2ccccc23)cc1. The second-order valence-electron chi connectivity index (χ2n) is 13.3. The number of furan rings is 1. The first kappa shape index (κ1) is 29.1. The van der Waals surface area contributed by atoms with Crippen LogP contribution in [0.3, 0.4) is 0 Å². The van der Waals surface area contributed by atoms with Gasteiger partial charge in [0.25, 0.3) is 0 Å². The number of aromatic nitrogens is 1. The van der Waals surface area contributed by atoms with Gasteiger partial charge < -0.3 is 13.9 Å². The molecule has 244 valence electrons. The molecule has 3 nitrogen and oxygen atoms in total. The lowest BCUT2D eigenvalue weighted by Crippen LogP contribution is -2.10. The third-order valence-electron chi connectivity index (χ3n) is 10.3. The standard InChI is InChI=1S/C48H30N2OS/c1-4-15-31(16-5-1)45-46-36-22-10-12-25-41(36)51-42(46)30-40-48(45)47-38(23-14-24-39(47)50(40)33-19-8-3-9-20-33)49(32-17-6-2-7-18-32)34-27-28-44-37(29-34)35-21-11-13-26-43(35)52-44/h1-30H. The molecule has 0 radical (unpaired) electrons. The maximum atomic E-state index is 6.67. The monoisotopic (exact) mass is 682 g/mol. The summed E-state index contributed by atoms with van der Waals surface area (Å²) in [5.41, 5.74) is 10.8. The smallest absolute Gasteiger partial charge is 0.138 e. The molecule has 0 saturated heterocycles. The van der Waals surface area contributed by atoms with Crippen molar-refractivity contribution < 1.29 is 4.42 Å². The summed E-state index contributed by atoms with van der Waals surface area (Å²) in [6.07, 6.45) is 0. The quantitative estimate of drug-likeness (QED) is 0.180. The van der Waals surface area contributed by atoms with Crippen molar-refractivity contribution >= 4 is 92.3 Å². The van der Waals surface area contributed by atoms with Crippen LogP contribution in [0, 0.1) is 0 Å². The Morgan fingerprint density at radius 3 is 1.96 bits per heavy atom. The van der Waals surface area contributed by atoms with Gasteiger partial charge in [0.05, 0.1) is 16.7 Å². The first-order valence-corrected chi connectivity index (χ1v) is 18.4.